The monoisotopic (exact) mass is 265 g/mol. The lowest BCUT2D eigenvalue weighted by Crippen LogP contribution is -1.85. The number of rotatable bonds is 1. The first-order valence-corrected chi connectivity index (χ1v) is 6.86. The molecule has 92 valence electrons. The smallest absolute Gasteiger partial charge is 0.153 e. The predicted octanol–water partition coefficient (Wildman–Crippen LogP) is 4.03. The number of nitrogen functional groups attached to an aromatic ring is 1. The molecule has 0 bridgehead atoms. The molecule has 0 amide bonds. The average Bonchev–Trinajstić information content (AvgIpc) is 3.03. The Morgan fingerprint density at radius 2 is 1.95 bits per heavy atom. The van der Waals surface area contributed by atoms with Gasteiger partial charge in [0.15, 0.2) is 5.82 Å². The standard InChI is InChI=1S/C15H11N3S/c16-15-14-10(5-3-6-11(14)17-18-15)13-8-9-4-1-2-7-12(9)19-13/h1-8H,(H3,16,17,18). The van der Waals surface area contributed by atoms with Crippen molar-refractivity contribution in [2.75, 3.05) is 5.73 Å². The number of benzene rings is 2. The number of thiophene rings is 1. The Bertz CT molecular complexity index is 856. The van der Waals surface area contributed by atoms with Gasteiger partial charge >= 0.3 is 0 Å². The highest BCUT2D eigenvalue weighted by molar-refractivity contribution is 7.22. The second-order valence-electron chi connectivity index (χ2n) is 4.49. The number of hydrogen-bond acceptors (Lipinski definition) is 3. The van der Waals surface area contributed by atoms with E-state index in [1.807, 2.05) is 12.1 Å². The molecule has 4 heteroatoms. The van der Waals surface area contributed by atoms with Crippen LogP contribution in [0.2, 0.25) is 0 Å². The fourth-order valence-electron chi connectivity index (χ4n) is 2.42. The van der Waals surface area contributed by atoms with E-state index in [1.54, 1.807) is 11.3 Å². The molecule has 0 spiro atoms. The van der Waals surface area contributed by atoms with Crippen LogP contribution in [0.4, 0.5) is 5.82 Å². The number of aromatic nitrogens is 2. The SMILES string of the molecule is Nc1n[nH]c2cccc(-c3cc4ccccc4s3)c12. The molecule has 3 nitrogen and oxygen atoms in total. The minimum Gasteiger partial charge on any atom is -0.382 e. The number of nitrogens with two attached hydrogens (primary N) is 1. The van der Waals surface area contributed by atoms with Gasteiger partial charge in [-0.05, 0) is 23.6 Å². The molecule has 19 heavy (non-hydrogen) atoms. The van der Waals surface area contributed by atoms with Gasteiger partial charge in [-0.25, -0.2) is 0 Å². The van der Waals surface area contributed by atoms with E-state index in [0.29, 0.717) is 5.82 Å². The highest BCUT2D eigenvalue weighted by atomic mass is 32.1. The molecule has 4 rings (SSSR count). The summed E-state index contributed by atoms with van der Waals surface area (Å²) in [5.74, 6) is 0.558. The quantitative estimate of drug-likeness (QED) is 0.546. The van der Waals surface area contributed by atoms with Crippen LogP contribution in [0.5, 0.6) is 0 Å². The summed E-state index contributed by atoms with van der Waals surface area (Å²) >= 11 is 1.78. The first kappa shape index (κ1) is 10.6. The lowest BCUT2D eigenvalue weighted by Gasteiger charge is -1.99. The lowest BCUT2D eigenvalue weighted by molar-refractivity contribution is 1.13. The average molecular weight is 265 g/mol. The molecule has 2 aromatic heterocycles. The van der Waals surface area contributed by atoms with Crippen molar-refractivity contribution < 1.29 is 0 Å². The third-order valence-electron chi connectivity index (χ3n) is 3.31. The summed E-state index contributed by atoms with van der Waals surface area (Å²) in [6.45, 7) is 0. The Hall–Kier alpha value is -2.33. The second-order valence-corrected chi connectivity index (χ2v) is 5.57. The van der Waals surface area contributed by atoms with Crippen molar-refractivity contribution in [3.8, 4) is 10.4 Å². The van der Waals surface area contributed by atoms with Crippen LogP contribution in [0.15, 0.2) is 48.5 Å². The van der Waals surface area contributed by atoms with Gasteiger partial charge in [0, 0.05) is 15.1 Å². The van der Waals surface area contributed by atoms with Crippen molar-refractivity contribution in [3.05, 3.63) is 48.5 Å². The van der Waals surface area contributed by atoms with Gasteiger partial charge in [-0.2, -0.15) is 5.10 Å². The second kappa shape index (κ2) is 3.83. The van der Waals surface area contributed by atoms with Crippen LogP contribution in [0, 0.1) is 0 Å². The Labute approximate surface area is 113 Å². The van der Waals surface area contributed by atoms with Gasteiger partial charge in [0.05, 0.1) is 10.9 Å². The van der Waals surface area contributed by atoms with E-state index in [0.717, 1.165) is 16.5 Å². The Morgan fingerprint density at radius 3 is 2.84 bits per heavy atom. The highest BCUT2D eigenvalue weighted by Gasteiger charge is 2.11. The van der Waals surface area contributed by atoms with E-state index in [4.69, 9.17) is 5.73 Å². The summed E-state index contributed by atoms with van der Waals surface area (Å²) in [5, 5.41) is 9.33. The Morgan fingerprint density at radius 1 is 1.05 bits per heavy atom. The number of fused-ring (bicyclic) bond motifs is 2. The molecular formula is C15H11N3S. The van der Waals surface area contributed by atoms with Gasteiger partial charge in [0.25, 0.3) is 0 Å². The van der Waals surface area contributed by atoms with Crippen LogP contribution < -0.4 is 5.73 Å². The molecule has 0 saturated carbocycles. The van der Waals surface area contributed by atoms with Crippen molar-refractivity contribution in [1.82, 2.24) is 10.2 Å². The Balaban J connectivity index is 2.06. The molecule has 0 aliphatic carbocycles. The van der Waals surface area contributed by atoms with Crippen LogP contribution in [0.1, 0.15) is 0 Å². The van der Waals surface area contributed by atoms with Crippen molar-refractivity contribution in [1.29, 1.82) is 0 Å². The largest absolute Gasteiger partial charge is 0.382 e. The molecule has 4 aromatic rings. The minimum absolute atomic E-state index is 0.558. The van der Waals surface area contributed by atoms with Crippen LogP contribution in [0.25, 0.3) is 31.4 Å². The molecule has 0 aliphatic rings. The van der Waals surface area contributed by atoms with E-state index >= 15 is 0 Å². The number of nitrogens with one attached hydrogen (secondary N) is 1. The zero-order valence-electron chi connectivity index (χ0n) is 10.1. The Kier molecular flexibility index (Phi) is 2.13. The molecule has 0 unspecified atom stereocenters. The number of aromatic amines is 1. The highest BCUT2D eigenvalue weighted by Crippen LogP contribution is 2.38. The summed E-state index contributed by atoms with van der Waals surface area (Å²) in [7, 11) is 0. The summed E-state index contributed by atoms with van der Waals surface area (Å²) in [4.78, 5) is 1.22. The number of H-pyrrole nitrogens is 1. The van der Waals surface area contributed by atoms with Crippen molar-refractivity contribution in [2.24, 2.45) is 0 Å². The summed E-state index contributed by atoms with van der Waals surface area (Å²) in [6.07, 6.45) is 0. The van der Waals surface area contributed by atoms with Gasteiger partial charge in [-0.1, -0.05) is 30.3 Å². The van der Waals surface area contributed by atoms with Crippen LogP contribution in [0.3, 0.4) is 0 Å². The van der Waals surface area contributed by atoms with Crippen LogP contribution >= 0.6 is 11.3 Å². The number of anilines is 1. The number of hydrogen-bond donors (Lipinski definition) is 2. The maximum absolute atomic E-state index is 5.97. The first-order chi connectivity index (χ1) is 9.33. The molecule has 0 fully saturated rings. The summed E-state index contributed by atoms with van der Waals surface area (Å²) < 4.78 is 1.29. The molecule has 2 aromatic carbocycles. The van der Waals surface area contributed by atoms with E-state index in [9.17, 15) is 0 Å². The molecule has 2 heterocycles. The normalized spacial score (nSPS) is 11.4. The van der Waals surface area contributed by atoms with Crippen molar-refractivity contribution in [2.45, 2.75) is 0 Å². The van der Waals surface area contributed by atoms with E-state index in [-0.39, 0.29) is 0 Å². The molecule has 0 aliphatic heterocycles. The molecule has 3 N–H and O–H groups in total. The summed E-state index contributed by atoms with van der Waals surface area (Å²) in [6, 6.07) is 16.7. The maximum atomic E-state index is 5.97. The molecule has 0 atom stereocenters. The van der Waals surface area contributed by atoms with Crippen molar-refractivity contribution in [3.63, 3.8) is 0 Å². The van der Waals surface area contributed by atoms with Gasteiger partial charge in [0.1, 0.15) is 0 Å². The number of nitrogens with zero attached hydrogens (tertiary/aromatic N) is 1. The third kappa shape index (κ3) is 1.54. The molecular weight excluding hydrogens is 254 g/mol. The van der Waals surface area contributed by atoms with E-state index in [1.165, 1.54) is 15.0 Å². The zero-order chi connectivity index (χ0) is 12.8. The minimum atomic E-state index is 0.558. The molecule has 0 radical (unpaired) electrons. The lowest BCUT2D eigenvalue weighted by atomic mass is 10.1. The van der Waals surface area contributed by atoms with E-state index in [2.05, 4.69) is 46.6 Å². The van der Waals surface area contributed by atoms with Crippen LogP contribution in [-0.4, -0.2) is 10.2 Å². The first-order valence-electron chi connectivity index (χ1n) is 6.04. The van der Waals surface area contributed by atoms with Gasteiger partial charge in [-0.15, -0.1) is 11.3 Å². The topological polar surface area (TPSA) is 54.7 Å². The van der Waals surface area contributed by atoms with Crippen LogP contribution in [-0.2, 0) is 0 Å². The van der Waals surface area contributed by atoms with Crippen molar-refractivity contribution >= 4 is 38.1 Å². The zero-order valence-corrected chi connectivity index (χ0v) is 10.9. The van der Waals surface area contributed by atoms with Gasteiger partial charge in [-0.3, -0.25) is 5.10 Å². The maximum Gasteiger partial charge on any atom is 0.153 e. The third-order valence-corrected chi connectivity index (χ3v) is 4.46. The fourth-order valence-corrected chi connectivity index (χ4v) is 3.51. The predicted molar refractivity (Wildman–Crippen MR) is 81.3 cm³/mol. The summed E-state index contributed by atoms with van der Waals surface area (Å²) in [5.41, 5.74) is 8.09. The van der Waals surface area contributed by atoms with Gasteiger partial charge < -0.3 is 5.73 Å². The van der Waals surface area contributed by atoms with E-state index < -0.39 is 0 Å². The fraction of sp³-hybridized carbons (Fsp3) is 0. The molecule has 0 saturated heterocycles. The van der Waals surface area contributed by atoms with Gasteiger partial charge in [0.2, 0.25) is 0 Å².